The average molecular weight is 263 g/mol. The number of nitrogens with one attached hydrogen (secondary N) is 1. The topological polar surface area (TPSA) is 75.9 Å². The Morgan fingerprint density at radius 2 is 2.39 bits per heavy atom. The van der Waals surface area contributed by atoms with Crippen molar-refractivity contribution in [2.45, 2.75) is 36.6 Å². The Balaban J connectivity index is 1.97. The van der Waals surface area contributed by atoms with Crippen molar-refractivity contribution >= 4 is 17.5 Å². The van der Waals surface area contributed by atoms with Crippen LogP contribution in [0.5, 0.6) is 0 Å². The van der Waals surface area contributed by atoms with Gasteiger partial charge in [0.15, 0.2) is 0 Å². The predicted molar refractivity (Wildman–Crippen MR) is 68.8 cm³/mol. The third-order valence-corrected chi connectivity index (χ3v) is 4.04. The first-order valence-corrected chi connectivity index (χ1v) is 6.77. The van der Waals surface area contributed by atoms with Gasteiger partial charge in [-0.1, -0.05) is 23.9 Å². The van der Waals surface area contributed by atoms with Gasteiger partial charge < -0.3 is 0 Å². The van der Waals surface area contributed by atoms with Crippen LogP contribution in [-0.4, -0.2) is 30.0 Å². The van der Waals surface area contributed by atoms with E-state index >= 15 is 0 Å². The van der Waals surface area contributed by atoms with E-state index in [1.54, 1.807) is 23.2 Å². The Morgan fingerprint density at radius 3 is 3.17 bits per heavy atom. The summed E-state index contributed by atoms with van der Waals surface area (Å²) in [5, 5.41) is 13.4. The summed E-state index contributed by atoms with van der Waals surface area (Å²) in [7, 11) is 0. The van der Waals surface area contributed by atoms with Gasteiger partial charge in [0.1, 0.15) is 5.69 Å². The first-order valence-electron chi connectivity index (χ1n) is 5.90. The SMILES string of the molecule is Cc1nn2c(SC3C=CCCC3)nnc2[nH]c1=O. The fourth-order valence-electron chi connectivity index (χ4n) is 1.91. The van der Waals surface area contributed by atoms with Crippen LogP contribution < -0.4 is 5.56 Å². The Bertz CT molecular complexity index is 659. The zero-order valence-corrected chi connectivity index (χ0v) is 10.8. The monoisotopic (exact) mass is 263 g/mol. The van der Waals surface area contributed by atoms with Gasteiger partial charge in [-0.15, -0.1) is 10.2 Å². The zero-order valence-electron chi connectivity index (χ0n) is 9.96. The van der Waals surface area contributed by atoms with Crippen LogP contribution in [0.1, 0.15) is 25.0 Å². The quantitative estimate of drug-likeness (QED) is 0.827. The molecule has 7 heteroatoms. The molecule has 0 spiro atoms. The molecule has 0 saturated heterocycles. The van der Waals surface area contributed by atoms with Gasteiger partial charge >= 0.3 is 0 Å². The second kappa shape index (κ2) is 4.56. The summed E-state index contributed by atoms with van der Waals surface area (Å²) in [5.74, 6) is 0.396. The van der Waals surface area contributed by atoms with E-state index in [1.165, 1.54) is 6.42 Å². The van der Waals surface area contributed by atoms with Crippen LogP contribution in [0.4, 0.5) is 0 Å². The number of thioether (sulfide) groups is 1. The normalized spacial score (nSPS) is 19.5. The molecule has 94 valence electrons. The van der Waals surface area contributed by atoms with E-state index in [-0.39, 0.29) is 5.56 Å². The molecule has 2 aromatic heterocycles. The molecule has 2 heterocycles. The van der Waals surface area contributed by atoms with E-state index in [2.05, 4.69) is 32.4 Å². The van der Waals surface area contributed by atoms with Crippen LogP contribution in [0.15, 0.2) is 22.1 Å². The van der Waals surface area contributed by atoms with Crippen LogP contribution >= 0.6 is 11.8 Å². The van der Waals surface area contributed by atoms with E-state index in [9.17, 15) is 4.79 Å². The predicted octanol–water partition coefficient (Wildman–Crippen LogP) is 1.32. The van der Waals surface area contributed by atoms with Gasteiger partial charge in [0, 0.05) is 5.25 Å². The molecule has 0 aromatic carbocycles. The number of fused-ring (bicyclic) bond motifs is 1. The molecule has 0 amide bonds. The lowest BCUT2D eigenvalue weighted by atomic mass is 10.1. The number of hydrogen-bond acceptors (Lipinski definition) is 5. The second-order valence-corrected chi connectivity index (χ2v) is 5.48. The van der Waals surface area contributed by atoms with Crippen LogP contribution in [0, 0.1) is 6.92 Å². The summed E-state index contributed by atoms with van der Waals surface area (Å²) in [6, 6.07) is 0. The number of aromatic amines is 1. The molecular formula is C11H13N5OS. The number of aromatic nitrogens is 5. The van der Waals surface area contributed by atoms with Crippen LogP contribution in [0.25, 0.3) is 5.78 Å². The highest BCUT2D eigenvalue weighted by Crippen LogP contribution is 2.28. The lowest BCUT2D eigenvalue weighted by Crippen LogP contribution is -2.16. The van der Waals surface area contributed by atoms with E-state index < -0.39 is 0 Å². The van der Waals surface area contributed by atoms with Crippen molar-refractivity contribution in [3.8, 4) is 0 Å². The molecule has 1 aliphatic carbocycles. The molecule has 0 aliphatic heterocycles. The van der Waals surface area contributed by atoms with Crippen LogP contribution in [0.2, 0.25) is 0 Å². The molecule has 0 radical (unpaired) electrons. The van der Waals surface area contributed by atoms with Crippen molar-refractivity contribution in [1.29, 1.82) is 0 Å². The average Bonchev–Trinajstić information content (AvgIpc) is 2.74. The standard InChI is InChI=1S/C11H13N5OS/c1-7-9(17)12-10-13-14-11(16(10)15-7)18-8-5-3-2-4-6-8/h3,5,8H,2,4,6H2,1H3,(H,12,13,17). The zero-order chi connectivity index (χ0) is 12.5. The minimum atomic E-state index is -0.219. The summed E-state index contributed by atoms with van der Waals surface area (Å²) < 4.78 is 1.60. The fourth-order valence-corrected chi connectivity index (χ4v) is 2.97. The summed E-state index contributed by atoms with van der Waals surface area (Å²) in [6.45, 7) is 1.67. The van der Waals surface area contributed by atoms with Crippen molar-refractivity contribution in [1.82, 2.24) is 24.8 Å². The van der Waals surface area contributed by atoms with Crippen molar-refractivity contribution in [2.24, 2.45) is 0 Å². The molecule has 2 aromatic rings. The van der Waals surface area contributed by atoms with Crippen molar-refractivity contribution in [3.05, 3.63) is 28.2 Å². The highest BCUT2D eigenvalue weighted by Gasteiger charge is 2.16. The number of H-pyrrole nitrogens is 1. The van der Waals surface area contributed by atoms with Gasteiger partial charge in [-0.05, 0) is 26.2 Å². The number of hydrogen-bond donors (Lipinski definition) is 1. The molecule has 1 atom stereocenters. The first kappa shape index (κ1) is 11.5. The summed E-state index contributed by atoms with van der Waals surface area (Å²) >= 11 is 1.63. The molecule has 18 heavy (non-hydrogen) atoms. The Kier molecular flexibility index (Phi) is 2.91. The molecule has 1 aliphatic rings. The molecule has 0 fully saturated rings. The summed E-state index contributed by atoms with van der Waals surface area (Å²) in [5.41, 5.74) is 0.201. The minimum absolute atomic E-state index is 0.219. The Morgan fingerprint density at radius 1 is 1.50 bits per heavy atom. The van der Waals surface area contributed by atoms with E-state index in [4.69, 9.17) is 0 Å². The third kappa shape index (κ3) is 2.05. The molecule has 3 rings (SSSR count). The first-order chi connectivity index (χ1) is 8.74. The third-order valence-electron chi connectivity index (χ3n) is 2.88. The lowest BCUT2D eigenvalue weighted by molar-refractivity contribution is 0.729. The molecule has 1 unspecified atom stereocenters. The molecule has 6 nitrogen and oxygen atoms in total. The number of rotatable bonds is 2. The Labute approximate surface area is 108 Å². The van der Waals surface area contributed by atoms with E-state index in [0.29, 0.717) is 16.7 Å². The summed E-state index contributed by atoms with van der Waals surface area (Å²) in [4.78, 5) is 14.1. The van der Waals surface area contributed by atoms with Crippen LogP contribution in [-0.2, 0) is 0 Å². The van der Waals surface area contributed by atoms with Crippen molar-refractivity contribution in [2.75, 3.05) is 0 Å². The van der Waals surface area contributed by atoms with Crippen molar-refractivity contribution < 1.29 is 0 Å². The Hall–Kier alpha value is -1.63. The van der Waals surface area contributed by atoms with E-state index in [0.717, 1.165) is 18.0 Å². The maximum Gasteiger partial charge on any atom is 0.273 e. The van der Waals surface area contributed by atoms with Gasteiger partial charge in [-0.2, -0.15) is 9.61 Å². The molecule has 0 bridgehead atoms. The largest absolute Gasteiger partial charge is 0.288 e. The lowest BCUT2D eigenvalue weighted by Gasteiger charge is -2.13. The minimum Gasteiger partial charge on any atom is -0.288 e. The molecule has 1 N–H and O–H groups in total. The number of allylic oxidation sites excluding steroid dienone is 1. The van der Waals surface area contributed by atoms with Crippen molar-refractivity contribution in [3.63, 3.8) is 0 Å². The van der Waals surface area contributed by atoms with Gasteiger partial charge in [0.25, 0.3) is 11.3 Å². The van der Waals surface area contributed by atoms with Gasteiger partial charge in [0.2, 0.25) is 5.16 Å². The van der Waals surface area contributed by atoms with Gasteiger partial charge in [-0.3, -0.25) is 9.78 Å². The second-order valence-electron chi connectivity index (χ2n) is 4.27. The molecule has 0 saturated carbocycles. The van der Waals surface area contributed by atoms with Crippen LogP contribution in [0.3, 0.4) is 0 Å². The number of aryl methyl sites for hydroxylation is 1. The fraction of sp³-hybridized carbons (Fsp3) is 0.455. The smallest absolute Gasteiger partial charge is 0.273 e. The van der Waals surface area contributed by atoms with Gasteiger partial charge in [0.05, 0.1) is 0 Å². The van der Waals surface area contributed by atoms with E-state index in [1.807, 2.05) is 0 Å². The molecular weight excluding hydrogens is 250 g/mol. The maximum atomic E-state index is 11.4. The highest BCUT2D eigenvalue weighted by molar-refractivity contribution is 7.99. The highest BCUT2D eigenvalue weighted by atomic mass is 32.2. The summed E-state index contributed by atoms with van der Waals surface area (Å²) in [6.07, 6.45) is 7.90. The number of nitrogens with zero attached hydrogens (tertiary/aromatic N) is 4. The van der Waals surface area contributed by atoms with Gasteiger partial charge in [-0.25, -0.2) is 0 Å². The maximum absolute atomic E-state index is 11.4.